The van der Waals surface area contributed by atoms with Gasteiger partial charge in [0.1, 0.15) is 11.6 Å². The highest BCUT2D eigenvalue weighted by atomic mass is 16.6. The summed E-state index contributed by atoms with van der Waals surface area (Å²) < 4.78 is 5.04. The lowest BCUT2D eigenvalue weighted by Crippen LogP contribution is -2.48. The lowest BCUT2D eigenvalue weighted by molar-refractivity contribution is -0.139. The van der Waals surface area contributed by atoms with E-state index >= 15 is 0 Å². The molecule has 7 nitrogen and oxygen atoms in total. The molecule has 0 heterocycles. The van der Waals surface area contributed by atoms with E-state index in [1.807, 2.05) is 18.2 Å². The van der Waals surface area contributed by atoms with Gasteiger partial charge in [0.15, 0.2) is 0 Å². The molecule has 0 aromatic heterocycles. The van der Waals surface area contributed by atoms with Crippen LogP contribution in [0.2, 0.25) is 0 Å². The van der Waals surface area contributed by atoms with Gasteiger partial charge in [0.25, 0.3) is 0 Å². The number of hydrogen-bond acceptors (Lipinski definition) is 5. The average molecular weight is 309 g/mol. The zero-order chi connectivity index (χ0) is 16.8. The Kier molecular flexibility index (Phi) is 6.18. The Balaban J connectivity index is 2.50. The zero-order valence-electron chi connectivity index (χ0n) is 13.1. The number of anilines is 1. The molecule has 1 aromatic carbocycles. The first-order valence-corrected chi connectivity index (χ1v) is 6.95. The first-order valence-electron chi connectivity index (χ1n) is 6.95. The molecule has 0 aliphatic heterocycles. The van der Waals surface area contributed by atoms with E-state index in [9.17, 15) is 9.59 Å². The summed E-state index contributed by atoms with van der Waals surface area (Å²) in [7, 11) is 0. The van der Waals surface area contributed by atoms with Gasteiger partial charge in [-0.05, 0) is 32.4 Å². The van der Waals surface area contributed by atoms with Crippen LogP contribution in [0.15, 0.2) is 24.3 Å². The van der Waals surface area contributed by atoms with Gasteiger partial charge in [-0.1, -0.05) is 18.2 Å². The molecule has 5 N–H and O–H groups in total. The van der Waals surface area contributed by atoms with Gasteiger partial charge < -0.3 is 26.2 Å². The molecule has 0 unspecified atom stereocenters. The lowest BCUT2D eigenvalue weighted by atomic mass is 10.2. The molecular formula is C15H23N3O4. The number of benzene rings is 1. The van der Waals surface area contributed by atoms with E-state index < -0.39 is 23.7 Å². The molecule has 7 heteroatoms. The van der Waals surface area contributed by atoms with Gasteiger partial charge in [0, 0.05) is 18.8 Å². The van der Waals surface area contributed by atoms with Crippen molar-refractivity contribution < 1.29 is 19.4 Å². The summed E-state index contributed by atoms with van der Waals surface area (Å²) in [6.45, 7) is 5.59. The van der Waals surface area contributed by atoms with Gasteiger partial charge >= 0.3 is 12.1 Å². The minimum Gasteiger partial charge on any atom is -0.480 e. The number of amides is 1. The van der Waals surface area contributed by atoms with Crippen LogP contribution in [0.25, 0.3) is 0 Å². The van der Waals surface area contributed by atoms with Crippen molar-refractivity contribution in [3.05, 3.63) is 29.8 Å². The molecular weight excluding hydrogens is 286 g/mol. The Bertz CT molecular complexity index is 526. The fourth-order valence-electron chi connectivity index (χ4n) is 1.70. The Labute approximate surface area is 129 Å². The third-order valence-electron chi connectivity index (χ3n) is 2.71. The van der Waals surface area contributed by atoms with E-state index in [0.717, 1.165) is 5.56 Å². The maximum atomic E-state index is 11.6. The summed E-state index contributed by atoms with van der Waals surface area (Å²) >= 11 is 0. The van der Waals surface area contributed by atoms with Crippen molar-refractivity contribution in [2.24, 2.45) is 0 Å². The van der Waals surface area contributed by atoms with E-state index in [2.05, 4.69) is 10.6 Å². The number of para-hydroxylation sites is 1. The second-order valence-corrected chi connectivity index (χ2v) is 5.87. The summed E-state index contributed by atoms with van der Waals surface area (Å²) in [5.74, 6) is -1.14. The third-order valence-corrected chi connectivity index (χ3v) is 2.71. The van der Waals surface area contributed by atoms with Crippen molar-refractivity contribution in [1.29, 1.82) is 0 Å². The van der Waals surface area contributed by atoms with Crippen molar-refractivity contribution >= 4 is 17.7 Å². The molecule has 22 heavy (non-hydrogen) atoms. The van der Waals surface area contributed by atoms with Crippen LogP contribution in [-0.2, 0) is 16.1 Å². The minimum atomic E-state index is -1.14. The molecule has 122 valence electrons. The summed E-state index contributed by atoms with van der Waals surface area (Å²) in [5.41, 5.74) is 6.61. The largest absolute Gasteiger partial charge is 0.480 e. The summed E-state index contributed by atoms with van der Waals surface area (Å²) in [5, 5.41) is 14.4. The van der Waals surface area contributed by atoms with Crippen LogP contribution < -0.4 is 16.4 Å². The number of hydrogen-bond donors (Lipinski definition) is 4. The van der Waals surface area contributed by atoms with E-state index in [1.165, 1.54) is 0 Å². The van der Waals surface area contributed by atoms with Crippen LogP contribution in [0.5, 0.6) is 0 Å². The van der Waals surface area contributed by atoms with Gasteiger partial charge in [-0.15, -0.1) is 0 Å². The van der Waals surface area contributed by atoms with Gasteiger partial charge in [-0.25, -0.2) is 9.59 Å². The molecule has 0 aliphatic rings. The molecule has 0 spiro atoms. The topological polar surface area (TPSA) is 114 Å². The number of nitrogen functional groups attached to an aromatic ring is 1. The fraction of sp³-hybridized carbons (Fsp3) is 0.467. The van der Waals surface area contributed by atoms with Crippen molar-refractivity contribution in [2.75, 3.05) is 12.3 Å². The lowest BCUT2D eigenvalue weighted by Gasteiger charge is -2.22. The number of nitrogens with two attached hydrogens (primary N) is 1. The Hall–Kier alpha value is -2.28. The van der Waals surface area contributed by atoms with E-state index in [-0.39, 0.29) is 6.54 Å². The molecule has 0 fully saturated rings. The Morgan fingerprint density at radius 1 is 1.32 bits per heavy atom. The molecule has 0 saturated heterocycles. The van der Waals surface area contributed by atoms with Crippen LogP contribution in [0.3, 0.4) is 0 Å². The maximum absolute atomic E-state index is 11.6. The number of carboxylic acids is 1. The minimum absolute atomic E-state index is 0.0584. The predicted octanol–water partition coefficient (Wildman–Crippen LogP) is 1.34. The number of carbonyl (C=O) groups is 2. The van der Waals surface area contributed by atoms with Gasteiger partial charge in [-0.2, -0.15) is 0 Å². The van der Waals surface area contributed by atoms with Crippen molar-refractivity contribution in [3.8, 4) is 0 Å². The van der Waals surface area contributed by atoms with Crippen LogP contribution in [0, 0.1) is 0 Å². The molecule has 0 bridgehead atoms. The fourth-order valence-corrected chi connectivity index (χ4v) is 1.70. The number of alkyl carbamates (subject to hydrolysis) is 1. The van der Waals surface area contributed by atoms with Crippen molar-refractivity contribution in [3.63, 3.8) is 0 Å². The summed E-state index contributed by atoms with van der Waals surface area (Å²) in [6, 6.07) is 6.20. The van der Waals surface area contributed by atoms with Crippen LogP contribution in [-0.4, -0.2) is 35.4 Å². The molecule has 1 amide bonds. The van der Waals surface area contributed by atoms with E-state index in [0.29, 0.717) is 12.2 Å². The molecule has 1 rings (SSSR count). The average Bonchev–Trinajstić information content (AvgIpc) is 2.37. The molecule has 1 aromatic rings. The predicted molar refractivity (Wildman–Crippen MR) is 83.4 cm³/mol. The molecule has 0 saturated carbocycles. The van der Waals surface area contributed by atoms with Crippen LogP contribution in [0.1, 0.15) is 26.3 Å². The highest BCUT2D eigenvalue weighted by Gasteiger charge is 2.23. The van der Waals surface area contributed by atoms with Gasteiger partial charge in [0.05, 0.1) is 0 Å². The summed E-state index contributed by atoms with van der Waals surface area (Å²) in [6.07, 6.45) is -0.763. The third kappa shape index (κ3) is 6.45. The number of ether oxygens (including phenoxy) is 1. The van der Waals surface area contributed by atoms with Crippen LogP contribution in [0.4, 0.5) is 10.5 Å². The normalized spacial score (nSPS) is 12.5. The standard InChI is InChI=1S/C15H23N3O4/c1-15(2,3)22-14(21)18-12(13(19)20)9-17-8-10-6-4-5-7-11(10)16/h4-7,12,17H,8-9,16H2,1-3H3,(H,18,21)(H,19,20)/t12-/m1/s1. The summed E-state index contributed by atoms with van der Waals surface area (Å²) in [4.78, 5) is 22.8. The van der Waals surface area contributed by atoms with Crippen molar-refractivity contribution in [2.45, 2.75) is 39.0 Å². The second-order valence-electron chi connectivity index (χ2n) is 5.87. The van der Waals surface area contributed by atoms with Gasteiger partial charge in [-0.3, -0.25) is 0 Å². The quantitative estimate of drug-likeness (QED) is 0.590. The Morgan fingerprint density at radius 2 is 1.95 bits per heavy atom. The van der Waals surface area contributed by atoms with E-state index in [1.54, 1.807) is 26.8 Å². The number of nitrogens with one attached hydrogen (secondary N) is 2. The van der Waals surface area contributed by atoms with Gasteiger partial charge in [0.2, 0.25) is 0 Å². The molecule has 1 atom stereocenters. The first kappa shape index (κ1) is 17.8. The van der Waals surface area contributed by atoms with Crippen LogP contribution >= 0.6 is 0 Å². The number of rotatable bonds is 6. The highest BCUT2D eigenvalue weighted by molar-refractivity contribution is 5.80. The SMILES string of the molecule is CC(C)(C)OC(=O)N[C@H](CNCc1ccccc1N)C(=O)O. The number of carboxylic acid groups (broad SMARTS) is 1. The zero-order valence-corrected chi connectivity index (χ0v) is 13.1. The smallest absolute Gasteiger partial charge is 0.408 e. The van der Waals surface area contributed by atoms with Crippen molar-refractivity contribution in [1.82, 2.24) is 10.6 Å². The molecule has 0 aliphatic carbocycles. The van der Waals surface area contributed by atoms with E-state index in [4.69, 9.17) is 15.6 Å². The highest BCUT2D eigenvalue weighted by Crippen LogP contribution is 2.09. The first-order chi connectivity index (χ1) is 10.2. The monoisotopic (exact) mass is 309 g/mol. The number of carbonyl (C=O) groups excluding carboxylic acids is 1. The maximum Gasteiger partial charge on any atom is 0.408 e. The second kappa shape index (κ2) is 7.65. The Morgan fingerprint density at radius 3 is 2.50 bits per heavy atom. The number of aliphatic carboxylic acids is 1. The molecule has 0 radical (unpaired) electrons.